The predicted octanol–water partition coefficient (Wildman–Crippen LogP) is 2.24. The van der Waals surface area contributed by atoms with Gasteiger partial charge in [-0.05, 0) is 42.9 Å². The maximum absolute atomic E-state index is 9.46. The van der Waals surface area contributed by atoms with Crippen LogP contribution >= 0.6 is 0 Å². The largest absolute Gasteiger partial charge is 0.393 e. The Morgan fingerprint density at radius 2 is 1.87 bits per heavy atom. The van der Waals surface area contributed by atoms with Gasteiger partial charge < -0.3 is 10.0 Å². The highest BCUT2D eigenvalue weighted by atomic mass is 16.3. The lowest BCUT2D eigenvalue weighted by atomic mass is 10.1. The molecule has 3 atom stereocenters. The van der Waals surface area contributed by atoms with Crippen LogP contribution in [0.5, 0.6) is 0 Å². The highest BCUT2D eigenvalue weighted by Crippen LogP contribution is 2.49. The molecule has 0 saturated heterocycles. The van der Waals surface area contributed by atoms with Crippen LogP contribution < -0.4 is 4.90 Å². The van der Waals surface area contributed by atoms with Gasteiger partial charge in [-0.25, -0.2) is 0 Å². The molecular formula is C13H19NO. The van der Waals surface area contributed by atoms with Gasteiger partial charge in [0.25, 0.3) is 0 Å². The van der Waals surface area contributed by atoms with E-state index in [1.807, 2.05) is 21.0 Å². The summed E-state index contributed by atoms with van der Waals surface area (Å²) >= 11 is 0. The molecule has 2 rings (SSSR count). The van der Waals surface area contributed by atoms with E-state index in [0.29, 0.717) is 11.8 Å². The zero-order chi connectivity index (χ0) is 11.0. The average Bonchev–Trinajstić information content (AvgIpc) is 2.97. The summed E-state index contributed by atoms with van der Waals surface area (Å²) in [5, 5.41) is 9.46. The molecule has 0 heterocycles. The van der Waals surface area contributed by atoms with Gasteiger partial charge in [0.1, 0.15) is 0 Å². The number of benzene rings is 1. The number of rotatable bonds is 3. The van der Waals surface area contributed by atoms with Crippen LogP contribution in [0.4, 0.5) is 5.69 Å². The van der Waals surface area contributed by atoms with Crippen molar-refractivity contribution in [3.05, 3.63) is 29.8 Å². The summed E-state index contributed by atoms with van der Waals surface area (Å²) in [5.41, 5.74) is 2.60. The molecule has 0 aliphatic heterocycles. The van der Waals surface area contributed by atoms with Gasteiger partial charge in [0.2, 0.25) is 0 Å². The number of aliphatic hydroxyl groups excluding tert-OH is 1. The minimum Gasteiger partial charge on any atom is -0.393 e. The van der Waals surface area contributed by atoms with Crippen molar-refractivity contribution in [3.8, 4) is 0 Å². The molecule has 82 valence electrons. The lowest BCUT2D eigenvalue weighted by Crippen LogP contribution is -2.08. The molecule has 15 heavy (non-hydrogen) atoms. The summed E-state index contributed by atoms with van der Waals surface area (Å²) < 4.78 is 0. The Hall–Kier alpha value is -1.02. The summed E-state index contributed by atoms with van der Waals surface area (Å²) in [4.78, 5) is 2.10. The van der Waals surface area contributed by atoms with Crippen LogP contribution in [-0.4, -0.2) is 25.3 Å². The topological polar surface area (TPSA) is 23.5 Å². The number of hydrogen-bond acceptors (Lipinski definition) is 2. The van der Waals surface area contributed by atoms with Crippen LogP contribution in [-0.2, 0) is 0 Å². The van der Waals surface area contributed by atoms with E-state index < -0.39 is 0 Å². The summed E-state index contributed by atoms with van der Waals surface area (Å²) in [7, 11) is 4.09. The van der Waals surface area contributed by atoms with Crippen LogP contribution in [0.2, 0.25) is 0 Å². The number of nitrogens with zero attached hydrogens (tertiary/aromatic N) is 1. The summed E-state index contributed by atoms with van der Waals surface area (Å²) in [6.07, 6.45) is 0.974. The van der Waals surface area contributed by atoms with E-state index in [2.05, 4.69) is 29.2 Å². The summed E-state index contributed by atoms with van der Waals surface area (Å²) in [6, 6.07) is 8.66. The molecule has 0 radical (unpaired) electrons. The van der Waals surface area contributed by atoms with Crippen molar-refractivity contribution in [1.82, 2.24) is 0 Å². The third-order valence-corrected chi connectivity index (χ3v) is 3.30. The smallest absolute Gasteiger partial charge is 0.0546 e. The van der Waals surface area contributed by atoms with E-state index in [1.165, 1.54) is 11.3 Å². The molecular weight excluding hydrogens is 186 g/mol. The van der Waals surface area contributed by atoms with E-state index in [9.17, 15) is 5.11 Å². The van der Waals surface area contributed by atoms with Crippen LogP contribution in [0.15, 0.2) is 24.3 Å². The minimum absolute atomic E-state index is 0.163. The van der Waals surface area contributed by atoms with Gasteiger partial charge in [-0.15, -0.1) is 0 Å². The van der Waals surface area contributed by atoms with Crippen molar-refractivity contribution in [3.63, 3.8) is 0 Å². The molecule has 1 aromatic rings. The second-order valence-electron chi connectivity index (χ2n) is 4.73. The number of aliphatic hydroxyl groups is 1. The summed E-state index contributed by atoms with van der Waals surface area (Å²) in [6.45, 7) is 1.89. The van der Waals surface area contributed by atoms with Crippen molar-refractivity contribution in [2.45, 2.75) is 25.4 Å². The third-order valence-electron chi connectivity index (χ3n) is 3.30. The Morgan fingerprint density at radius 3 is 2.27 bits per heavy atom. The highest BCUT2D eigenvalue weighted by Gasteiger charge is 2.41. The molecule has 0 bridgehead atoms. The van der Waals surface area contributed by atoms with Crippen LogP contribution in [0.25, 0.3) is 0 Å². The van der Waals surface area contributed by atoms with Crippen LogP contribution in [0.1, 0.15) is 24.8 Å². The Labute approximate surface area is 91.5 Å². The van der Waals surface area contributed by atoms with E-state index >= 15 is 0 Å². The normalized spacial score (nSPS) is 26.1. The fourth-order valence-corrected chi connectivity index (χ4v) is 2.15. The number of hydrogen-bond donors (Lipinski definition) is 1. The second-order valence-corrected chi connectivity index (χ2v) is 4.73. The predicted molar refractivity (Wildman–Crippen MR) is 63.3 cm³/mol. The molecule has 1 N–H and O–H groups in total. The van der Waals surface area contributed by atoms with Crippen molar-refractivity contribution in [2.75, 3.05) is 19.0 Å². The van der Waals surface area contributed by atoms with Crippen molar-refractivity contribution < 1.29 is 5.11 Å². The first-order chi connectivity index (χ1) is 7.09. The first-order valence-electron chi connectivity index (χ1n) is 5.55. The first-order valence-corrected chi connectivity index (χ1v) is 5.55. The Balaban J connectivity index is 2.06. The van der Waals surface area contributed by atoms with Gasteiger partial charge in [0, 0.05) is 19.8 Å². The number of anilines is 1. The molecule has 3 unspecified atom stereocenters. The fraction of sp³-hybridized carbons (Fsp3) is 0.538. The maximum Gasteiger partial charge on any atom is 0.0546 e. The van der Waals surface area contributed by atoms with Crippen molar-refractivity contribution >= 4 is 5.69 Å². The molecule has 1 aliphatic rings. The zero-order valence-corrected chi connectivity index (χ0v) is 9.64. The molecule has 1 fully saturated rings. The fourth-order valence-electron chi connectivity index (χ4n) is 2.15. The van der Waals surface area contributed by atoms with Gasteiger partial charge in [0.05, 0.1) is 6.10 Å². The third kappa shape index (κ3) is 2.15. The molecule has 0 spiro atoms. The molecule has 2 nitrogen and oxygen atoms in total. The molecule has 0 aromatic heterocycles. The minimum atomic E-state index is -0.163. The average molecular weight is 205 g/mol. The molecule has 0 amide bonds. The van der Waals surface area contributed by atoms with Gasteiger partial charge >= 0.3 is 0 Å². The molecule has 2 heteroatoms. The molecule has 1 saturated carbocycles. The second kappa shape index (κ2) is 3.86. The zero-order valence-electron chi connectivity index (χ0n) is 9.64. The van der Waals surface area contributed by atoms with E-state index in [1.54, 1.807) is 0 Å². The van der Waals surface area contributed by atoms with Crippen LogP contribution in [0, 0.1) is 5.92 Å². The molecule has 1 aliphatic carbocycles. The van der Waals surface area contributed by atoms with E-state index in [0.717, 1.165) is 6.42 Å². The lowest BCUT2D eigenvalue weighted by Gasteiger charge is -2.12. The van der Waals surface area contributed by atoms with Gasteiger partial charge in [-0.1, -0.05) is 12.1 Å². The monoisotopic (exact) mass is 205 g/mol. The Morgan fingerprint density at radius 1 is 1.27 bits per heavy atom. The van der Waals surface area contributed by atoms with Crippen molar-refractivity contribution in [2.24, 2.45) is 5.92 Å². The van der Waals surface area contributed by atoms with Gasteiger partial charge in [0.15, 0.2) is 0 Å². The Bertz CT molecular complexity index is 329. The maximum atomic E-state index is 9.46. The van der Waals surface area contributed by atoms with Crippen molar-refractivity contribution in [1.29, 1.82) is 0 Å². The lowest BCUT2D eigenvalue weighted by molar-refractivity contribution is 0.169. The SMILES string of the molecule is CC(O)C1CC1c1ccc(N(C)C)cc1. The van der Waals surface area contributed by atoms with E-state index in [4.69, 9.17) is 0 Å². The quantitative estimate of drug-likeness (QED) is 0.818. The molecule has 1 aromatic carbocycles. The van der Waals surface area contributed by atoms with E-state index in [-0.39, 0.29) is 6.10 Å². The standard InChI is InChI=1S/C13H19NO/c1-9(15)12-8-13(12)10-4-6-11(7-5-10)14(2)3/h4-7,9,12-13,15H,8H2,1-3H3. The van der Waals surface area contributed by atoms with Gasteiger partial charge in [-0.2, -0.15) is 0 Å². The first kappa shape index (κ1) is 10.5. The Kier molecular flexibility index (Phi) is 2.70. The highest BCUT2D eigenvalue weighted by molar-refractivity contribution is 5.47. The summed E-state index contributed by atoms with van der Waals surface area (Å²) in [5.74, 6) is 1.07. The van der Waals surface area contributed by atoms with Crippen LogP contribution in [0.3, 0.4) is 0 Å². The van der Waals surface area contributed by atoms with Gasteiger partial charge in [-0.3, -0.25) is 0 Å².